The number of benzene rings is 1. The Morgan fingerprint density at radius 1 is 1.26 bits per heavy atom. The van der Waals surface area contributed by atoms with Crippen LogP contribution in [0.2, 0.25) is 0 Å². The van der Waals surface area contributed by atoms with Crippen LogP contribution in [-0.2, 0) is 16.4 Å². The van der Waals surface area contributed by atoms with Crippen LogP contribution in [0, 0.1) is 0 Å². The van der Waals surface area contributed by atoms with Crippen LogP contribution in [0.4, 0.5) is 13.2 Å². The van der Waals surface area contributed by atoms with Gasteiger partial charge < -0.3 is 10.2 Å². The summed E-state index contributed by atoms with van der Waals surface area (Å²) in [6.45, 7) is 2.92. The van der Waals surface area contributed by atoms with E-state index in [0.717, 1.165) is 6.07 Å². The lowest BCUT2D eigenvalue weighted by Gasteiger charge is -2.26. The van der Waals surface area contributed by atoms with Crippen LogP contribution in [-0.4, -0.2) is 16.2 Å². The van der Waals surface area contributed by atoms with Gasteiger partial charge in [0.1, 0.15) is 5.75 Å². The summed E-state index contributed by atoms with van der Waals surface area (Å²) < 4.78 is 38.4. The fourth-order valence-corrected chi connectivity index (χ4v) is 2.26. The highest BCUT2D eigenvalue weighted by Crippen LogP contribution is 2.44. The van der Waals surface area contributed by atoms with E-state index in [4.69, 9.17) is 5.11 Å². The first-order valence-electron chi connectivity index (χ1n) is 5.27. The summed E-state index contributed by atoms with van der Waals surface area (Å²) in [4.78, 5) is 10.8. The van der Waals surface area contributed by atoms with E-state index >= 15 is 0 Å². The third kappa shape index (κ3) is 3.62. The van der Waals surface area contributed by atoms with Crippen molar-refractivity contribution in [1.82, 2.24) is 0 Å². The van der Waals surface area contributed by atoms with E-state index in [1.54, 1.807) is 0 Å². The summed E-state index contributed by atoms with van der Waals surface area (Å²) in [5.41, 5.74) is -2.37. The molecule has 0 amide bonds. The molecule has 0 bridgehead atoms. The molecule has 1 rings (SSSR count). The molecule has 3 nitrogen and oxygen atoms in total. The average molecular weight is 341 g/mol. The molecular weight excluding hydrogens is 329 g/mol. The highest BCUT2D eigenvalue weighted by atomic mass is 79.9. The van der Waals surface area contributed by atoms with Gasteiger partial charge in [-0.2, -0.15) is 13.2 Å². The highest BCUT2D eigenvalue weighted by molar-refractivity contribution is 9.10. The number of phenols is 1. The molecule has 0 fully saturated rings. The Kier molecular flexibility index (Phi) is 4.19. The van der Waals surface area contributed by atoms with Gasteiger partial charge in [-0.05, 0) is 12.1 Å². The van der Waals surface area contributed by atoms with Crippen LogP contribution in [0.5, 0.6) is 5.75 Å². The maximum Gasteiger partial charge on any atom is 0.420 e. The minimum Gasteiger partial charge on any atom is -0.507 e. The first kappa shape index (κ1) is 15.8. The molecule has 0 unspecified atom stereocenters. The number of halogens is 4. The Labute approximate surface area is 116 Å². The summed E-state index contributed by atoms with van der Waals surface area (Å²) in [5, 5.41) is 18.5. The van der Waals surface area contributed by atoms with Crippen molar-refractivity contribution in [1.29, 1.82) is 0 Å². The third-order valence-corrected chi connectivity index (χ3v) is 3.16. The van der Waals surface area contributed by atoms with Gasteiger partial charge in [-0.25, -0.2) is 0 Å². The van der Waals surface area contributed by atoms with Crippen LogP contribution in [0.3, 0.4) is 0 Å². The van der Waals surface area contributed by atoms with Gasteiger partial charge in [-0.3, -0.25) is 4.79 Å². The van der Waals surface area contributed by atoms with Crippen LogP contribution < -0.4 is 0 Å². The van der Waals surface area contributed by atoms with E-state index in [0.29, 0.717) is 0 Å². The number of aromatic hydroxyl groups is 1. The van der Waals surface area contributed by atoms with Gasteiger partial charge in [-0.15, -0.1) is 0 Å². The fourth-order valence-electron chi connectivity index (χ4n) is 1.80. The number of alkyl halides is 3. The summed E-state index contributed by atoms with van der Waals surface area (Å²) in [7, 11) is 0. The molecule has 1 aromatic rings. The number of carboxylic acid groups (broad SMARTS) is 1. The zero-order chi connectivity index (χ0) is 15.0. The van der Waals surface area contributed by atoms with Crippen molar-refractivity contribution in [2.24, 2.45) is 0 Å². The van der Waals surface area contributed by atoms with Crippen molar-refractivity contribution in [2.45, 2.75) is 31.9 Å². The van der Waals surface area contributed by atoms with Crippen LogP contribution in [0.15, 0.2) is 16.6 Å². The molecule has 0 heterocycles. The monoisotopic (exact) mass is 340 g/mol. The van der Waals surface area contributed by atoms with E-state index in [1.807, 2.05) is 0 Å². The van der Waals surface area contributed by atoms with E-state index in [-0.39, 0.29) is 10.0 Å². The molecule has 7 heteroatoms. The van der Waals surface area contributed by atoms with Crippen molar-refractivity contribution in [3.05, 3.63) is 27.7 Å². The van der Waals surface area contributed by atoms with Gasteiger partial charge in [0.2, 0.25) is 0 Å². The summed E-state index contributed by atoms with van der Waals surface area (Å²) in [5.74, 6) is -2.08. The van der Waals surface area contributed by atoms with Crippen molar-refractivity contribution in [2.75, 3.05) is 0 Å². The van der Waals surface area contributed by atoms with Crippen LogP contribution in [0.1, 0.15) is 31.4 Å². The molecule has 106 valence electrons. The van der Waals surface area contributed by atoms with Gasteiger partial charge >= 0.3 is 12.1 Å². The number of hydrogen-bond donors (Lipinski definition) is 2. The molecule has 0 aliphatic rings. The zero-order valence-corrected chi connectivity index (χ0v) is 11.8. The van der Waals surface area contributed by atoms with Gasteiger partial charge in [0.05, 0.1) is 12.0 Å². The van der Waals surface area contributed by atoms with Crippen LogP contribution >= 0.6 is 15.9 Å². The predicted molar refractivity (Wildman–Crippen MR) is 66.1 cm³/mol. The average Bonchev–Trinajstić information content (AvgIpc) is 2.17. The SMILES string of the molecule is CC(C)(CC(=O)O)c1cc(Br)cc(C(F)(F)F)c1O. The molecule has 0 radical (unpaired) electrons. The molecule has 0 aromatic heterocycles. The summed E-state index contributed by atoms with van der Waals surface area (Å²) in [6.07, 6.45) is -5.10. The number of rotatable bonds is 3. The van der Waals surface area contributed by atoms with Gasteiger partial charge in [0.25, 0.3) is 0 Å². The first-order chi connectivity index (χ1) is 8.45. The second kappa shape index (κ2) is 5.03. The van der Waals surface area contributed by atoms with Gasteiger partial charge in [0, 0.05) is 15.5 Å². The lowest BCUT2D eigenvalue weighted by Crippen LogP contribution is -2.23. The second-order valence-electron chi connectivity index (χ2n) is 4.80. The number of phenolic OH excluding ortho intramolecular Hbond substituents is 1. The lowest BCUT2D eigenvalue weighted by molar-refractivity contribution is -0.139. The number of carboxylic acids is 1. The maximum atomic E-state index is 12.8. The topological polar surface area (TPSA) is 57.5 Å². The molecule has 19 heavy (non-hydrogen) atoms. The Morgan fingerprint density at radius 2 is 1.74 bits per heavy atom. The van der Waals surface area contributed by atoms with Crippen LogP contribution in [0.25, 0.3) is 0 Å². The normalized spacial score (nSPS) is 12.5. The second-order valence-corrected chi connectivity index (χ2v) is 5.72. The molecule has 0 spiro atoms. The molecule has 0 aliphatic heterocycles. The minimum atomic E-state index is -4.71. The minimum absolute atomic E-state index is 0.0587. The van der Waals surface area contributed by atoms with Gasteiger partial charge in [0.15, 0.2) is 0 Å². The fraction of sp³-hybridized carbons (Fsp3) is 0.417. The largest absolute Gasteiger partial charge is 0.507 e. The Bertz CT molecular complexity index is 510. The first-order valence-corrected chi connectivity index (χ1v) is 6.06. The standard InChI is InChI=1S/C12H12BrF3O3/c1-11(2,5-9(17)18)7-3-6(13)4-8(10(7)19)12(14,15)16/h3-4,19H,5H2,1-2H3,(H,17,18). The van der Waals surface area contributed by atoms with E-state index in [9.17, 15) is 23.1 Å². The predicted octanol–water partition coefficient (Wildman–Crippen LogP) is 3.93. The smallest absolute Gasteiger partial charge is 0.420 e. The number of carbonyl (C=O) groups is 1. The van der Waals surface area contributed by atoms with Crippen molar-refractivity contribution >= 4 is 21.9 Å². The summed E-state index contributed by atoms with van der Waals surface area (Å²) >= 11 is 2.94. The Balaban J connectivity index is 3.45. The zero-order valence-electron chi connectivity index (χ0n) is 10.2. The third-order valence-electron chi connectivity index (χ3n) is 2.70. The molecule has 0 aliphatic carbocycles. The molecule has 2 N–H and O–H groups in total. The van der Waals surface area contributed by atoms with Crippen molar-refractivity contribution in [3.63, 3.8) is 0 Å². The lowest BCUT2D eigenvalue weighted by atomic mass is 9.80. The van der Waals surface area contributed by atoms with Gasteiger partial charge in [-0.1, -0.05) is 29.8 Å². The van der Waals surface area contributed by atoms with Crippen molar-refractivity contribution < 1.29 is 28.2 Å². The van der Waals surface area contributed by atoms with E-state index in [2.05, 4.69) is 15.9 Å². The van der Waals surface area contributed by atoms with E-state index < -0.39 is 35.3 Å². The van der Waals surface area contributed by atoms with E-state index in [1.165, 1.54) is 19.9 Å². The number of aliphatic carboxylic acids is 1. The Hall–Kier alpha value is -1.24. The van der Waals surface area contributed by atoms with Crippen molar-refractivity contribution in [3.8, 4) is 5.75 Å². The molecule has 1 aromatic carbocycles. The molecular formula is C12H12BrF3O3. The molecule has 0 atom stereocenters. The Morgan fingerprint density at radius 3 is 2.16 bits per heavy atom. The highest BCUT2D eigenvalue weighted by Gasteiger charge is 2.38. The molecule has 0 saturated carbocycles. The maximum absolute atomic E-state index is 12.8. The number of hydrogen-bond acceptors (Lipinski definition) is 2. The quantitative estimate of drug-likeness (QED) is 0.876. The molecule has 0 saturated heterocycles. The summed E-state index contributed by atoms with van der Waals surface area (Å²) in [6, 6.07) is 2.06.